The van der Waals surface area contributed by atoms with Gasteiger partial charge in [0.15, 0.2) is 5.96 Å². The van der Waals surface area contributed by atoms with Gasteiger partial charge < -0.3 is 20.7 Å². The molecule has 1 heterocycles. The molecular formula is C24H32FN5O2. The molecule has 2 aromatic rings. The molecule has 7 nitrogen and oxygen atoms in total. The van der Waals surface area contributed by atoms with Crippen LogP contribution in [-0.4, -0.2) is 69.8 Å². The lowest BCUT2D eigenvalue weighted by Gasteiger charge is -2.35. The van der Waals surface area contributed by atoms with E-state index in [2.05, 4.69) is 25.8 Å². The van der Waals surface area contributed by atoms with Crippen molar-refractivity contribution in [2.45, 2.75) is 12.5 Å². The van der Waals surface area contributed by atoms with Crippen molar-refractivity contribution in [3.8, 4) is 0 Å². The second kappa shape index (κ2) is 12.8. The van der Waals surface area contributed by atoms with E-state index in [1.54, 1.807) is 19.2 Å². The molecule has 32 heavy (non-hydrogen) atoms. The van der Waals surface area contributed by atoms with Crippen molar-refractivity contribution < 1.29 is 13.9 Å². The van der Waals surface area contributed by atoms with Crippen molar-refractivity contribution in [1.82, 2.24) is 20.9 Å². The summed E-state index contributed by atoms with van der Waals surface area (Å²) in [5.41, 5.74) is 1.72. The van der Waals surface area contributed by atoms with Gasteiger partial charge in [0.1, 0.15) is 5.82 Å². The number of guanidine groups is 1. The second-order valence-electron chi connectivity index (χ2n) is 7.57. The highest BCUT2D eigenvalue weighted by molar-refractivity contribution is 5.94. The maximum atomic E-state index is 13.4. The number of ether oxygens (including phenoxy) is 1. The van der Waals surface area contributed by atoms with Crippen LogP contribution < -0.4 is 16.0 Å². The Balaban J connectivity index is 1.44. The minimum absolute atomic E-state index is 0.0687. The topological polar surface area (TPSA) is 78.0 Å². The summed E-state index contributed by atoms with van der Waals surface area (Å²) in [5, 5.41) is 9.59. The zero-order chi connectivity index (χ0) is 22.6. The Morgan fingerprint density at radius 2 is 1.72 bits per heavy atom. The van der Waals surface area contributed by atoms with Gasteiger partial charge in [-0.05, 0) is 36.2 Å². The van der Waals surface area contributed by atoms with E-state index in [-0.39, 0.29) is 17.8 Å². The van der Waals surface area contributed by atoms with E-state index in [1.807, 2.05) is 30.3 Å². The average molecular weight is 442 g/mol. The number of hydrogen-bond acceptors (Lipinski definition) is 4. The van der Waals surface area contributed by atoms with Crippen LogP contribution in [0.15, 0.2) is 59.6 Å². The van der Waals surface area contributed by atoms with Crippen molar-refractivity contribution >= 4 is 11.9 Å². The number of benzene rings is 2. The minimum Gasteiger partial charge on any atom is -0.379 e. The van der Waals surface area contributed by atoms with E-state index in [0.29, 0.717) is 44.4 Å². The van der Waals surface area contributed by atoms with Crippen molar-refractivity contribution in [3.63, 3.8) is 0 Å². The van der Waals surface area contributed by atoms with Gasteiger partial charge in [-0.3, -0.25) is 14.7 Å². The number of aliphatic imine (C=N–C) groups is 1. The van der Waals surface area contributed by atoms with Crippen molar-refractivity contribution in [2.24, 2.45) is 4.99 Å². The molecule has 2 aromatic carbocycles. The van der Waals surface area contributed by atoms with Crippen molar-refractivity contribution in [1.29, 1.82) is 0 Å². The molecule has 8 heteroatoms. The summed E-state index contributed by atoms with van der Waals surface area (Å²) in [7, 11) is 1.73. The zero-order valence-corrected chi connectivity index (χ0v) is 18.5. The summed E-state index contributed by atoms with van der Waals surface area (Å²) in [6.45, 7) is 4.93. The Morgan fingerprint density at radius 3 is 2.41 bits per heavy atom. The number of carbonyl (C=O) groups is 1. The van der Waals surface area contributed by atoms with E-state index in [1.165, 1.54) is 12.1 Å². The lowest BCUT2D eigenvalue weighted by Crippen LogP contribution is -2.46. The Hall–Kier alpha value is -2.97. The quantitative estimate of drug-likeness (QED) is 0.316. The van der Waals surface area contributed by atoms with Crippen molar-refractivity contribution in [2.75, 3.05) is 53.0 Å². The Bertz CT molecular complexity index is 854. The van der Waals surface area contributed by atoms with E-state index >= 15 is 0 Å². The number of nitrogens with one attached hydrogen (secondary N) is 3. The summed E-state index contributed by atoms with van der Waals surface area (Å²) in [6, 6.07) is 15.9. The fourth-order valence-corrected chi connectivity index (χ4v) is 3.63. The van der Waals surface area contributed by atoms with E-state index < -0.39 is 0 Å². The number of morpholine rings is 1. The second-order valence-corrected chi connectivity index (χ2v) is 7.57. The third-order valence-electron chi connectivity index (χ3n) is 5.40. The van der Waals surface area contributed by atoms with Crippen LogP contribution in [0.5, 0.6) is 0 Å². The Labute approximate surface area is 189 Å². The van der Waals surface area contributed by atoms with Crippen LogP contribution >= 0.6 is 0 Å². The molecule has 3 rings (SSSR count). The molecule has 0 radical (unpaired) electrons. The predicted molar refractivity (Wildman–Crippen MR) is 124 cm³/mol. The van der Waals surface area contributed by atoms with E-state index in [4.69, 9.17) is 4.74 Å². The van der Waals surface area contributed by atoms with Gasteiger partial charge in [0, 0.05) is 45.3 Å². The van der Waals surface area contributed by atoms with Crippen LogP contribution in [0.1, 0.15) is 28.4 Å². The van der Waals surface area contributed by atoms with Gasteiger partial charge >= 0.3 is 0 Å². The highest BCUT2D eigenvalue weighted by Gasteiger charge is 2.23. The predicted octanol–water partition coefficient (Wildman–Crippen LogP) is 2.18. The third-order valence-corrected chi connectivity index (χ3v) is 5.40. The van der Waals surface area contributed by atoms with Gasteiger partial charge in [-0.2, -0.15) is 0 Å². The molecule has 0 bridgehead atoms. The monoisotopic (exact) mass is 441 g/mol. The highest BCUT2D eigenvalue weighted by atomic mass is 19.1. The molecule has 1 aliphatic rings. The normalized spacial score (nSPS) is 15.8. The maximum Gasteiger partial charge on any atom is 0.251 e. The molecule has 1 fully saturated rings. The van der Waals surface area contributed by atoms with Crippen LogP contribution in [0.25, 0.3) is 0 Å². The molecule has 3 N–H and O–H groups in total. The van der Waals surface area contributed by atoms with Crippen LogP contribution in [0.2, 0.25) is 0 Å². The van der Waals surface area contributed by atoms with Gasteiger partial charge in [-0.1, -0.05) is 30.3 Å². The molecule has 0 aliphatic carbocycles. The van der Waals surface area contributed by atoms with Crippen LogP contribution in [0.3, 0.4) is 0 Å². The number of rotatable bonds is 9. The molecule has 172 valence electrons. The molecular weight excluding hydrogens is 409 g/mol. The summed E-state index contributed by atoms with van der Waals surface area (Å²) >= 11 is 0. The van der Waals surface area contributed by atoms with Crippen LogP contribution in [0.4, 0.5) is 4.39 Å². The number of carbonyl (C=O) groups excluding carboxylic acids is 1. The fraction of sp³-hybridized carbons (Fsp3) is 0.417. The number of amides is 1. The fourth-order valence-electron chi connectivity index (χ4n) is 3.63. The number of hydrogen-bond donors (Lipinski definition) is 3. The Morgan fingerprint density at radius 1 is 1.03 bits per heavy atom. The third kappa shape index (κ3) is 7.32. The standard InChI is InChI=1S/C24H32FN5O2/c1-26-24(28-13-5-12-27-23(31)20-6-3-2-4-7-20)29-18-22(30-14-16-32-17-15-30)19-8-10-21(25)11-9-19/h2-4,6-11,22H,5,12-18H2,1H3,(H,27,31)(H2,26,28,29). The summed E-state index contributed by atoms with van der Waals surface area (Å²) in [5.74, 6) is 0.389. The van der Waals surface area contributed by atoms with Crippen molar-refractivity contribution in [3.05, 3.63) is 71.5 Å². The van der Waals surface area contributed by atoms with Gasteiger partial charge in [-0.15, -0.1) is 0 Å². The largest absolute Gasteiger partial charge is 0.379 e. The zero-order valence-electron chi connectivity index (χ0n) is 18.5. The molecule has 1 unspecified atom stereocenters. The molecule has 0 aromatic heterocycles. The molecule has 1 atom stereocenters. The smallest absolute Gasteiger partial charge is 0.251 e. The summed E-state index contributed by atoms with van der Waals surface area (Å²) in [6.07, 6.45) is 0.768. The molecule has 1 amide bonds. The number of halogens is 1. The maximum absolute atomic E-state index is 13.4. The first-order valence-electron chi connectivity index (χ1n) is 11.0. The minimum atomic E-state index is -0.237. The molecule has 1 aliphatic heterocycles. The van der Waals surface area contributed by atoms with Gasteiger partial charge in [0.2, 0.25) is 0 Å². The molecule has 0 saturated carbocycles. The van der Waals surface area contributed by atoms with E-state index in [0.717, 1.165) is 25.1 Å². The number of nitrogens with zero attached hydrogens (tertiary/aromatic N) is 2. The van der Waals surface area contributed by atoms with Gasteiger partial charge in [0.25, 0.3) is 5.91 Å². The first kappa shape index (κ1) is 23.7. The van der Waals surface area contributed by atoms with E-state index in [9.17, 15) is 9.18 Å². The lowest BCUT2D eigenvalue weighted by atomic mass is 10.0. The first-order valence-corrected chi connectivity index (χ1v) is 11.0. The highest BCUT2D eigenvalue weighted by Crippen LogP contribution is 2.21. The van der Waals surface area contributed by atoms with Crippen LogP contribution in [0, 0.1) is 5.82 Å². The summed E-state index contributed by atoms with van der Waals surface area (Å²) < 4.78 is 18.9. The summed E-state index contributed by atoms with van der Waals surface area (Å²) in [4.78, 5) is 18.7. The molecule has 1 saturated heterocycles. The Kier molecular flexibility index (Phi) is 9.46. The average Bonchev–Trinajstić information content (AvgIpc) is 2.84. The lowest BCUT2D eigenvalue weighted by molar-refractivity contribution is 0.0170. The van der Waals surface area contributed by atoms with Gasteiger partial charge in [-0.25, -0.2) is 4.39 Å². The molecule has 0 spiro atoms. The SMILES string of the molecule is CN=C(NCCCNC(=O)c1ccccc1)NCC(c1ccc(F)cc1)N1CCOCC1. The van der Waals surface area contributed by atoms with Crippen LogP contribution in [-0.2, 0) is 4.74 Å². The first-order chi connectivity index (χ1) is 15.7. The van der Waals surface area contributed by atoms with Gasteiger partial charge in [0.05, 0.1) is 19.3 Å².